The van der Waals surface area contributed by atoms with E-state index in [1.54, 1.807) is 7.11 Å². The van der Waals surface area contributed by atoms with Gasteiger partial charge in [-0.3, -0.25) is 0 Å². The maximum Gasteiger partial charge on any atom is 0.127 e. The van der Waals surface area contributed by atoms with Crippen LogP contribution in [0.4, 0.5) is 0 Å². The zero-order chi connectivity index (χ0) is 11.4. The molecule has 0 radical (unpaired) electrons. The van der Waals surface area contributed by atoms with Gasteiger partial charge in [0.1, 0.15) is 23.7 Å². The maximum atomic E-state index is 9.72. The van der Waals surface area contributed by atoms with Gasteiger partial charge >= 0.3 is 0 Å². The lowest BCUT2D eigenvalue weighted by atomic mass is 10.1. The first-order valence-corrected chi connectivity index (χ1v) is 5.49. The minimum absolute atomic E-state index is 0.116. The molecule has 0 bridgehead atoms. The van der Waals surface area contributed by atoms with Crippen molar-refractivity contribution in [2.24, 2.45) is 0 Å². The van der Waals surface area contributed by atoms with E-state index in [0.717, 1.165) is 24.5 Å². The molecule has 2 N–H and O–H groups in total. The van der Waals surface area contributed by atoms with Crippen LogP contribution in [-0.4, -0.2) is 37.5 Å². The fourth-order valence-electron chi connectivity index (χ4n) is 1.78. The molecular weight excluding hydrogens is 206 g/mol. The van der Waals surface area contributed by atoms with E-state index in [9.17, 15) is 5.11 Å². The SMILES string of the molecule is COc1ccc(OC2CCNCC2O)cc1. The molecule has 2 atom stereocenters. The van der Waals surface area contributed by atoms with Crippen LogP contribution >= 0.6 is 0 Å². The van der Waals surface area contributed by atoms with Gasteiger partial charge in [-0.2, -0.15) is 0 Å². The number of rotatable bonds is 3. The normalized spacial score (nSPS) is 25.1. The highest BCUT2D eigenvalue weighted by Gasteiger charge is 2.24. The smallest absolute Gasteiger partial charge is 0.127 e. The Labute approximate surface area is 95.2 Å². The molecule has 4 heteroatoms. The first-order valence-electron chi connectivity index (χ1n) is 5.49. The third kappa shape index (κ3) is 2.65. The molecule has 4 nitrogen and oxygen atoms in total. The molecule has 1 aromatic rings. The van der Waals surface area contributed by atoms with Gasteiger partial charge in [0.05, 0.1) is 7.11 Å². The van der Waals surface area contributed by atoms with Gasteiger partial charge in [-0.25, -0.2) is 0 Å². The van der Waals surface area contributed by atoms with Gasteiger partial charge in [0.2, 0.25) is 0 Å². The zero-order valence-corrected chi connectivity index (χ0v) is 9.35. The number of methoxy groups -OCH3 is 1. The Morgan fingerprint density at radius 1 is 1.25 bits per heavy atom. The summed E-state index contributed by atoms with van der Waals surface area (Å²) in [5.74, 6) is 1.57. The average molecular weight is 223 g/mol. The number of aliphatic hydroxyl groups is 1. The van der Waals surface area contributed by atoms with E-state index in [4.69, 9.17) is 9.47 Å². The molecule has 1 fully saturated rings. The Kier molecular flexibility index (Phi) is 3.64. The number of piperidine rings is 1. The molecule has 2 rings (SSSR count). The number of aliphatic hydroxyl groups excluding tert-OH is 1. The Hall–Kier alpha value is -1.26. The second-order valence-electron chi connectivity index (χ2n) is 3.89. The highest BCUT2D eigenvalue weighted by molar-refractivity contribution is 5.31. The van der Waals surface area contributed by atoms with Crippen LogP contribution in [0, 0.1) is 0 Å². The number of ether oxygens (including phenoxy) is 2. The molecule has 16 heavy (non-hydrogen) atoms. The van der Waals surface area contributed by atoms with E-state index in [2.05, 4.69) is 5.32 Å². The lowest BCUT2D eigenvalue weighted by Crippen LogP contribution is -2.46. The Morgan fingerprint density at radius 3 is 2.56 bits per heavy atom. The second kappa shape index (κ2) is 5.18. The van der Waals surface area contributed by atoms with Crippen molar-refractivity contribution in [3.05, 3.63) is 24.3 Å². The summed E-state index contributed by atoms with van der Waals surface area (Å²) in [5, 5.41) is 12.8. The molecule has 88 valence electrons. The summed E-state index contributed by atoms with van der Waals surface area (Å²) < 4.78 is 10.8. The number of hydrogen-bond donors (Lipinski definition) is 2. The van der Waals surface area contributed by atoms with Crippen molar-refractivity contribution in [1.29, 1.82) is 0 Å². The number of benzene rings is 1. The highest BCUT2D eigenvalue weighted by Crippen LogP contribution is 2.20. The lowest BCUT2D eigenvalue weighted by Gasteiger charge is -2.28. The second-order valence-corrected chi connectivity index (χ2v) is 3.89. The van der Waals surface area contributed by atoms with Crippen LogP contribution in [0.3, 0.4) is 0 Å². The predicted octanol–water partition coefficient (Wildman–Crippen LogP) is 0.797. The Bertz CT molecular complexity index is 326. The van der Waals surface area contributed by atoms with Crippen LogP contribution < -0.4 is 14.8 Å². The molecule has 1 aliphatic heterocycles. The fraction of sp³-hybridized carbons (Fsp3) is 0.500. The molecule has 1 aromatic carbocycles. The van der Waals surface area contributed by atoms with Gasteiger partial charge in [-0.05, 0) is 37.2 Å². The zero-order valence-electron chi connectivity index (χ0n) is 9.35. The minimum Gasteiger partial charge on any atom is -0.497 e. The quantitative estimate of drug-likeness (QED) is 0.795. The van der Waals surface area contributed by atoms with Crippen LogP contribution in [0.15, 0.2) is 24.3 Å². The first-order chi connectivity index (χ1) is 7.79. The van der Waals surface area contributed by atoms with Crippen molar-refractivity contribution in [1.82, 2.24) is 5.32 Å². The Morgan fingerprint density at radius 2 is 1.94 bits per heavy atom. The van der Waals surface area contributed by atoms with Crippen molar-refractivity contribution in [2.45, 2.75) is 18.6 Å². The van der Waals surface area contributed by atoms with Crippen LogP contribution in [0.1, 0.15) is 6.42 Å². The topological polar surface area (TPSA) is 50.7 Å². The summed E-state index contributed by atoms with van der Waals surface area (Å²) in [5.41, 5.74) is 0. The van der Waals surface area contributed by atoms with E-state index in [1.807, 2.05) is 24.3 Å². The molecular formula is C12H17NO3. The van der Waals surface area contributed by atoms with E-state index in [-0.39, 0.29) is 6.10 Å². The van der Waals surface area contributed by atoms with Gasteiger partial charge in [-0.15, -0.1) is 0 Å². The molecule has 0 amide bonds. The summed E-state index contributed by atoms with van der Waals surface area (Å²) in [6.45, 7) is 1.48. The van der Waals surface area contributed by atoms with E-state index < -0.39 is 6.10 Å². The molecule has 2 unspecified atom stereocenters. The summed E-state index contributed by atoms with van der Waals surface area (Å²) in [6, 6.07) is 7.41. The largest absolute Gasteiger partial charge is 0.497 e. The number of nitrogens with one attached hydrogen (secondary N) is 1. The van der Waals surface area contributed by atoms with Gasteiger partial charge in [-0.1, -0.05) is 0 Å². The summed E-state index contributed by atoms with van der Waals surface area (Å²) in [4.78, 5) is 0. The fourth-order valence-corrected chi connectivity index (χ4v) is 1.78. The highest BCUT2D eigenvalue weighted by atomic mass is 16.5. The molecule has 0 saturated carbocycles. The maximum absolute atomic E-state index is 9.72. The molecule has 1 heterocycles. The molecule has 0 aliphatic carbocycles. The van der Waals surface area contributed by atoms with Crippen LogP contribution in [-0.2, 0) is 0 Å². The number of hydrogen-bond acceptors (Lipinski definition) is 4. The van der Waals surface area contributed by atoms with E-state index in [0.29, 0.717) is 6.54 Å². The third-order valence-corrected chi connectivity index (χ3v) is 2.74. The van der Waals surface area contributed by atoms with Crippen molar-refractivity contribution in [2.75, 3.05) is 20.2 Å². The third-order valence-electron chi connectivity index (χ3n) is 2.74. The first kappa shape index (κ1) is 11.2. The number of β-amino-alcohol motifs (C(OH)–C–C–N with tert-alkyl or cyclic N) is 1. The van der Waals surface area contributed by atoms with Crippen molar-refractivity contribution in [3.8, 4) is 11.5 Å². The molecule has 1 saturated heterocycles. The van der Waals surface area contributed by atoms with Crippen molar-refractivity contribution >= 4 is 0 Å². The van der Waals surface area contributed by atoms with Gasteiger partial charge in [0.15, 0.2) is 0 Å². The molecule has 0 aromatic heterocycles. The average Bonchev–Trinajstić information content (AvgIpc) is 2.33. The minimum atomic E-state index is -0.434. The van der Waals surface area contributed by atoms with Gasteiger partial charge < -0.3 is 19.9 Å². The van der Waals surface area contributed by atoms with Crippen LogP contribution in [0.2, 0.25) is 0 Å². The monoisotopic (exact) mass is 223 g/mol. The standard InChI is InChI=1S/C12H17NO3/c1-15-9-2-4-10(5-3-9)16-12-6-7-13-8-11(12)14/h2-5,11-14H,6-8H2,1H3. The summed E-state index contributed by atoms with van der Waals surface area (Å²) >= 11 is 0. The van der Waals surface area contributed by atoms with Crippen LogP contribution in [0.5, 0.6) is 11.5 Å². The van der Waals surface area contributed by atoms with E-state index in [1.165, 1.54) is 0 Å². The van der Waals surface area contributed by atoms with E-state index >= 15 is 0 Å². The predicted molar refractivity (Wildman–Crippen MR) is 60.9 cm³/mol. The van der Waals surface area contributed by atoms with Gasteiger partial charge in [0, 0.05) is 6.54 Å². The molecule has 1 aliphatic rings. The van der Waals surface area contributed by atoms with Crippen molar-refractivity contribution in [3.63, 3.8) is 0 Å². The summed E-state index contributed by atoms with van der Waals surface area (Å²) in [6.07, 6.45) is 0.276. The van der Waals surface area contributed by atoms with Crippen LogP contribution in [0.25, 0.3) is 0 Å². The van der Waals surface area contributed by atoms with Crippen molar-refractivity contribution < 1.29 is 14.6 Å². The lowest BCUT2D eigenvalue weighted by molar-refractivity contribution is 0.0162. The Balaban J connectivity index is 1.96. The molecule has 0 spiro atoms. The van der Waals surface area contributed by atoms with Gasteiger partial charge in [0.25, 0.3) is 0 Å². The summed E-state index contributed by atoms with van der Waals surface area (Å²) in [7, 11) is 1.63.